The Bertz CT molecular complexity index is 409. The molecular weight excluding hydrogens is 302 g/mol. The zero-order chi connectivity index (χ0) is 14.7. The molecule has 1 aromatic carbocycles. The second kappa shape index (κ2) is 6.38. The number of β-amino-alcohol motifs (C(OH)–C–C–N with tert-alkyl or cyclic N) is 1. The van der Waals surface area contributed by atoms with Gasteiger partial charge in [0, 0.05) is 16.6 Å². The Labute approximate surface area is 125 Å². The number of rotatable bonds is 5. The molecule has 2 N–H and O–H groups in total. The molecule has 0 heterocycles. The molecule has 1 rings (SSSR count). The van der Waals surface area contributed by atoms with E-state index in [2.05, 4.69) is 55.9 Å². The van der Waals surface area contributed by atoms with Crippen LogP contribution in [0.25, 0.3) is 0 Å². The Hall–Kier alpha value is -0.380. The van der Waals surface area contributed by atoms with E-state index in [0.29, 0.717) is 6.54 Å². The first kappa shape index (κ1) is 16.7. The van der Waals surface area contributed by atoms with Crippen LogP contribution in [-0.4, -0.2) is 17.2 Å². The van der Waals surface area contributed by atoms with Crippen molar-refractivity contribution in [3.63, 3.8) is 0 Å². The first-order valence-electron chi connectivity index (χ1n) is 6.78. The average Bonchev–Trinajstić information content (AvgIpc) is 2.22. The van der Waals surface area contributed by atoms with Gasteiger partial charge in [0.2, 0.25) is 0 Å². The van der Waals surface area contributed by atoms with Gasteiger partial charge in [-0.25, -0.2) is 0 Å². The zero-order valence-electron chi connectivity index (χ0n) is 12.6. The Morgan fingerprint density at radius 1 is 1.21 bits per heavy atom. The minimum absolute atomic E-state index is 0.0191. The number of aliphatic hydroxyl groups excluding tert-OH is 1. The largest absolute Gasteiger partial charge is 0.387 e. The predicted molar refractivity (Wildman–Crippen MR) is 85.3 cm³/mol. The fraction of sp³-hybridized carbons (Fsp3) is 0.625. The molecule has 0 saturated heterocycles. The lowest BCUT2D eigenvalue weighted by Crippen LogP contribution is -2.44. The first-order chi connectivity index (χ1) is 8.59. The SMILES string of the molecule is CC(C)(C)CC(C)(C)NCC(O)c1cccc(Br)c1. The standard InChI is InChI=1S/C16H26BrNO/c1-15(2,3)11-16(4,5)18-10-14(19)12-7-6-8-13(17)9-12/h6-9,14,18-19H,10-11H2,1-5H3. The molecule has 1 aromatic rings. The smallest absolute Gasteiger partial charge is 0.0914 e. The summed E-state index contributed by atoms with van der Waals surface area (Å²) < 4.78 is 0.998. The molecule has 0 aliphatic carbocycles. The minimum Gasteiger partial charge on any atom is -0.387 e. The van der Waals surface area contributed by atoms with Crippen molar-refractivity contribution >= 4 is 15.9 Å². The van der Waals surface area contributed by atoms with Crippen LogP contribution in [0, 0.1) is 5.41 Å². The number of benzene rings is 1. The van der Waals surface area contributed by atoms with Crippen molar-refractivity contribution in [3.05, 3.63) is 34.3 Å². The third-order valence-electron chi connectivity index (χ3n) is 2.98. The number of hydrogen-bond donors (Lipinski definition) is 2. The average molecular weight is 328 g/mol. The van der Waals surface area contributed by atoms with Gasteiger partial charge in [-0.05, 0) is 43.4 Å². The summed E-state index contributed by atoms with van der Waals surface area (Å²) in [5.41, 5.74) is 1.23. The molecule has 108 valence electrons. The van der Waals surface area contributed by atoms with E-state index < -0.39 is 6.10 Å². The van der Waals surface area contributed by atoms with E-state index >= 15 is 0 Å². The molecule has 0 aliphatic heterocycles. The topological polar surface area (TPSA) is 32.3 Å². The molecule has 3 heteroatoms. The van der Waals surface area contributed by atoms with Crippen molar-refractivity contribution in [1.82, 2.24) is 5.32 Å². The van der Waals surface area contributed by atoms with Crippen LogP contribution in [0.1, 0.15) is 52.7 Å². The van der Waals surface area contributed by atoms with E-state index in [1.54, 1.807) is 0 Å². The number of aliphatic hydroxyl groups is 1. The van der Waals surface area contributed by atoms with Gasteiger partial charge in [0.1, 0.15) is 0 Å². The van der Waals surface area contributed by atoms with Crippen molar-refractivity contribution in [2.75, 3.05) is 6.54 Å². The fourth-order valence-electron chi connectivity index (χ4n) is 2.59. The van der Waals surface area contributed by atoms with Crippen LogP contribution in [-0.2, 0) is 0 Å². The Morgan fingerprint density at radius 3 is 2.37 bits per heavy atom. The Morgan fingerprint density at radius 2 is 1.84 bits per heavy atom. The van der Waals surface area contributed by atoms with Crippen LogP contribution in [0.4, 0.5) is 0 Å². The van der Waals surface area contributed by atoms with E-state index in [-0.39, 0.29) is 11.0 Å². The summed E-state index contributed by atoms with van der Waals surface area (Å²) in [6.45, 7) is 11.7. The summed E-state index contributed by atoms with van der Waals surface area (Å²) >= 11 is 3.43. The monoisotopic (exact) mass is 327 g/mol. The molecule has 1 atom stereocenters. The lowest BCUT2D eigenvalue weighted by molar-refractivity contribution is 0.148. The number of halogens is 1. The summed E-state index contributed by atoms with van der Waals surface area (Å²) in [6, 6.07) is 7.83. The van der Waals surface area contributed by atoms with Crippen LogP contribution in [0.15, 0.2) is 28.7 Å². The summed E-state index contributed by atoms with van der Waals surface area (Å²) in [4.78, 5) is 0. The molecule has 0 fully saturated rings. The molecule has 0 spiro atoms. The molecule has 0 aliphatic rings. The molecule has 0 saturated carbocycles. The lowest BCUT2D eigenvalue weighted by Gasteiger charge is -2.34. The van der Waals surface area contributed by atoms with Crippen molar-refractivity contribution in [3.8, 4) is 0 Å². The lowest BCUT2D eigenvalue weighted by atomic mass is 9.81. The minimum atomic E-state index is -0.475. The van der Waals surface area contributed by atoms with Gasteiger partial charge in [-0.15, -0.1) is 0 Å². The summed E-state index contributed by atoms with van der Waals surface area (Å²) in [5.74, 6) is 0. The fourth-order valence-corrected chi connectivity index (χ4v) is 3.01. The van der Waals surface area contributed by atoms with E-state index in [1.165, 1.54) is 0 Å². The molecule has 0 amide bonds. The maximum atomic E-state index is 10.2. The second-order valence-corrected chi connectivity index (χ2v) is 7.99. The molecule has 0 radical (unpaired) electrons. The van der Waals surface area contributed by atoms with Gasteiger partial charge in [0.05, 0.1) is 6.10 Å². The van der Waals surface area contributed by atoms with Gasteiger partial charge < -0.3 is 10.4 Å². The second-order valence-electron chi connectivity index (χ2n) is 7.07. The zero-order valence-corrected chi connectivity index (χ0v) is 14.2. The van der Waals surface area contributed by atoms with Gasteiger partial charge >= 0.3 is 0 Å². The van der Waals surface area contributed by atoms with Crippen LogP contribution in [0.3, 0.4) is 0 Å². The van der Waals surface area contributed by atoms with E-state index in [9.17, 15) is 5.11 Å². The van der Waals surface area contributed by atoms with Crippen molar-refractivity contribution < 1.29 is 5.11 Å². The predicted octanol–water partition coefficient (Wildman–Crippen LogP) is 4.29. The number of nitrogens with one attached hydrogen (secondary N) is 1. The Balaban J connectivity index is 2.56. The molecule has 2 nitrogen and oxygen atoms in total. The van der Waals surface area contributed by atoms with Crippen LogP contribution >= 0.6 is 15.9 Å². The van der Waals surface area contributed by atoms with Crippen molar-refractivity contribution in [2.45, 2.75) is 52.7 Å². The highest BCUT2D eigenvalue weighted by Gasteiger charge is 2.25. The summed E-state index contributed by atoms with van der Waals surface area (Å²) in [6.07, 6.45) is 0.585. The van der Waals surface area contributed by atoms with Gasteiger partial charge in [-0.1, -0.05) is 48.8 Å². The quantitative estimate of drug-likeness (QED) is 0.845. The Kier molecular flexibility index (Phi) is 5.60. The van der Waals surface area contributed by atoms with Gasteiger partial charge in [0.25, 0.3) is 0 Å². The van der Waals surface area contributed by atoms with E-state index in [4.69, 9.17) is 0 Å². The highest BCUT2D eigenvalue weighted by atomic mass is 79.9. The third kappa shape index (κ3) is 6.55. The molecular formula is C16H26BrNO. The maximum absolute atomic E-state index is 10.2. The molecule has 19 heavy (non-hydrogen) atoms. The highest BCUT2D eigenvalue weighted by molar-refractivity contribution is 9.10. The summed E-state index contributed by atoms with van der Waals surface area (Å²) in [7, 11) is 0. The van der Waals surface area contributed by atoms with Crippen LogP contribution in [0.5, 0.6) is 0 Å². The molecule has 0 aromatic heterocycles. The van der Waals surface area contributed by atoms with Gasteiger partial charge in [-0.3, -0.25) is 0 Å². The normalized spacial score (nSPS) is 14.5. The van der Waals surface area contributed by atoms with Crippen LogP contribution < -0.4 is 5.32 Å². The van der Waals surface area contributed by atoms with Crippen molar-refractivity contribution in [2.24, 2.45) is 5.41 Å². The van der Waals surface area contributed by atoms with Crippen molar-refractivity contribution in [1.29, 1.82) is 0 Å². The third-order valence-corrected chi connectivity index (χ3v) is 3.47. The highest BCUT2D eigenvalue weighted by Crippen LogP contribution is 2.27. The number of hydrogen-bond acceptors (Lipinski definition) is 2. The molecule has 1 unspecified atom stereocenters. The van der Waals surface area contributed by atoms with Gasteiger partial charge in [-0.2, -0.15) is 0 Å². The maximum Gasteiger partial charge on any atom is 0.0914 e. The van der Waals surface area contributed by atoms with E-state index in [1.807, 2.05) is 24.3 Å². The summed E-state index contributed by atoms with van der Waals surface area (Å²) in [5, 5.41) is 13.7. The van der Waals surface area contributed by atoms with Gasteiger partial charge in [0.15, 0.2) is 0 Å². The van der Waals surface area contributed by atoms with E-state index in [0.717, 1.165) is 16.5 Å². The van der Waals surface area contributed by atoms with Crippen LogP contribution in [0.2, 0.25) is 0 Å². The molecule has 0 bridgehead atoms. The first-order valence-corrected chi connectivity index (χ1v) is 7.57.